The van der Waals surface area contributed by atoms with Gasteiger partial charge in [0.25, 0.3) is 0 Å². The number of hydrogen-bond donors (Lipinski definition) is 1. The number of aryl methyl sites for hydroxylation is 1. The largest absolute Gasteiger partial charge is 0.326 e. The minimum absolute atomic E-state index is 0.157. The van der Waals surface area contributed by atoms with Crippen LogP contribution in [-0.4, -0.2) is 18.4 Å². The molecule has 4 nitrogen and oxygen atoms in total. The number of benzene rings is 2. The molecule has 0 fully saturated rings. The zero-order valence-electron chi connectivity index (χ0n) is 14.2. The Kier molecular flexibility index (Phi) is 6.85. The molecule has 6 heteroatoms. The first-order valence-electron chi connectivity index (χ1n) is 8.02. The monoisotopic (exact) mass is 378 g/mol. The molecule has 0 aliphatic rings. The maximum Gasteiger partial charge on any atom is 0.226 e. The quantitative estimate of drug-likeness (QED) is 0.773. The van der Waals surface area contributed by atoms with Gasteiger partial charge in [-0.15, -0.1) is 0 Å². The molecule has 0 saturated heterocycles. The molecular weight excluding hydrogens is 359 g/mol. The Morgan fingerprint density at radius 3 is 2.28 bits per heavy atom. The van der Waals surface area contributed by atoms with E-state index in [2.05, 4.69) is 12.2 Å². The van der Waals surface area contributed by atoms with Crippen molar-refractivity contribution < 1.29 is 9.59 Å². The molecule has 0 unspecified atom stereocenters. The lowest BCUT2D eigenvalue weighted by Crippen LogP contribution is -2.31. The molecular formula is C19H20Cl2N2O2. The molecule has 0 aromatic heterocycles. The number of nitrogens with zero attached hydrogens (tertiary/aromatic N) is 1. The molecule has 0 aliphatic heterocycles. The minimum Gasteiger partial charge on any atom is -0.326 e. The van der Waals surface area contributed by atoms with Gasteiger partial charge in [0.05, 0.1) is 10.0 Å². The Labute approximate surface area is 157 Å². The predicted octanol–water partition coefficient (Wildman–Crippen LogP) is 4.94. The fraction of sp³-hybridized carbons (Fsp3) is 0.263. The van der Waals surface area contributed by atoms with E-state index in [1.807, 2.05) is 24.3 Å². The van der Waals surface area contributed by atoms with Crippen LogP contribution >= 0.6 is 23.2 Å². The van der Waals surface area contributed by atoms with Gasteiger partial charge in [-0.3, -0.25) is 9.59 Å². The lowest BCUT2D eigenvalue weighted by Gasteiger charge is -2.21. The van der Waals surface area contributed by atoms with Crippen LogP contribution in [0.3, 0.4) is 0 Å². The van der Waals surface area contributed by atoms with Gasteiger partial charge >= 0.3 is 0 Å². The fourth-order valence-electron chi connectivity index (χ4n) is 2.38. The third kappa shape index (κ3) is 5.48. The van der Waals surface area contributed by atoms with Crippen molar-refractivity contribution in [3.05, 3.63) is 58.1 Å². The van der Waals surface area contributed by atoms with Gasteiger partial charge in [0.15, 0.2) is 0 Å². The SMILES string of the molecule is CCc1ccc(NC(=O)CCN(C(C)=O)c2ccc(Cl)c(Cl)c2)cc1. The smallest absolute Gasteiger partial charge is 0.226 e. The van der Waals surface area contributed by atoms with E-state index >= 15 is 0 Å². The van der Waals surface area contributed by atoms with Crippen LogP contribution in [0.2, 0.25) is 10.0 Å². The van der Waals surface area contributed by atoms with E-state index in [0.29, 0.717) is 15.7 Å². The van der Waals surface area contributed by atoms with Crippen LogP contribution in [0.25, 0.3) is 0 Å². The molecule has 0 spiro atoms. The first-order chi connectivity index (χ1) is 11.9. The number of nitrogens with one attached hydrogen (secondary N) is 1. The van der Waals surface area contributed by atoms with E-state index in [1.165, 1.54) is 17.4 Å². The standard InChI is InChI=1S/C19H20Cl2N2O2/c1-3-14-4-6-15(7-5-14)22-19(25)10-11-23(13(2)24)16-8-9-17(20)18(21)12-16/h4-9,12H,3,10-11H2,1-2H3,(H,22,25). The van der Waals surface area contributed by atoms with Crippen LogP contribution < -0.4 is 10.2 Å². The molecule has 2 aromatic carbocycles. The second-order valence-electron chi connectivity index (χ2n) is 5.62. The lowest BCUT2D eigenvalue weighted by atomic mass is 10.1. The van der Waals surface area contributed by atoms with E-state index < -0.39 is 0 Å². The van der Waals surface area contributed by atoms with Crippen LogP contribution in [0.1, 0.15) is 25.8 Å². The second kappa shape index (κ2) is 8.88. The summed E-state index contributed by atoms with van der Waals surface area (Å²) in [5.41, 5.74) is 2.56. The van der Waals surface area contributed by atoms with Gasteiger partial charge in [-0.2, -0.15) is 0 Å². The first kappa shape index (κ1) is 19.3. The van der Waals surface area contributed by atoms with Crippen molar-refractivity contribution in [3.63, 3.8) is 0 Å². The van der Waals surface area contributed by atoms with E-state index in [-0.39, 0.29) is 24.8 Å². The molecule has 132 valence electrons. The van der Waals surface area contributed by atoms with Crippen LogP contribution in [0.5, 0.6) is 0 Å². The van der Waals surface area contributed by atoms with Crippen molar-refractivity contribution in [2.75, 3.05) is 16.8 Å². The summed E-state index contributed by atoms with van der Waals surface area (Å²) in [7, 11) is 0. The highest BCUT2D eigenvalue weighted by molar-refractivity contribution is 6.42. The first-order valence-corrected chi connectivity index (χ1v) is 8.78. The molecule has 0 atom stereocenters. The molecule has 25 heavy (non-hydrogen) atoms. The van der Waals surface area contributed by atoms with E-state index in [0.717, 1.165) is 12.1 Å². The topological polar surface area (TPSA) is 49.4 Å². The van der Waals surface area contributed by atoms with Gasteiger partial charge in [0.1, 0.15) is 0 Å². The summed E-state index contributed by atoms with van der Waals surface area (Å²) in [6, 6.07) is 12.7. The molecule has 2 rings (SSSR count). The highest BCUT2D eigenvalue weighted by Gasteiger charge is 2.15. The molecule has 2 aromatic rings. The highest BCUT2D eigenvalue weighted by Crippen LogP contribution is 2.27. The number of hydrogen-bond acceptors (Lipinski definition) is 2. The third-order valence-electron chi connectivity index (χ3n) is 3.80. The van der Waals surface area contributed by atoms with E-state index in [4.69, 9.17) is 23.2 Å². The average Bonchev–Trinajstić information content (AvgIpc) is 2.58. The lowest BCUT2D eigenvalue weighted by molar-refractivity contribution is -0.117. The third-order valence-corrected chi connectivity index (χ3v) is 4.54. The molecule has 0 bridgehead atoms. The van der Waals surface area contributed by atoms with Gasteiger partial charge in [0, 0.05) is 31.3 Å². The molecule has 2 amide bonds. The van der Waals surface area contributed by atoms with Crippen molar-refractivity contribution in [2.45, 2.75) is 26.7 Å². The molecule has 1 N–H and O–H groups in total. The molecule has 0 aliphatic carbocycles. The normalized spacial score (nSPS) is 10.4. The van der Waals surface area contributed by atoms with Gasteiger partial charge in [0.2, 0.25) is 11.8 Å². The van der Waals surface area contributed by atoms with Crippen molar-refractivity contribution in [1.82, 2.24) is 0 Å². The van der Waals surface area contributed by atoms with Gasteiger partial charge < -0.3 is 10.2 Å². The fourth-order valence-corrected chi connectivity index (χ4v) is 2.67. The number of carbonyl (C=O) groups excluding carboxylic acids is 2. The number of halogens is 2. The Morgan fingerprint density at radius 2 is 1.72 bits per heavy atom. The van der Waals surface area contributed by atoms with Crippen molar-refractivity contribution in [2.24, 2.45) is 0 Å². The second-order valence-corrected chi connectivity index (χ2v) is 6.43. The summed E-state index contributed by atoms with van der Waals surface area (Å²) in [4.78, 5) is 25.6. The molecule has 0 saturated carbocycles. The summed E-state index contributed by atoms with van der Waals surface area (Å²) in [5, 5.41) is 3.62. The molecule has 0 radical (unpaired) electrons. The van der Waals surface area contributed by atoms with Crippen molar-refractivity contribution in [1.29, 1.82) is 0 Å². The van der Waals surface area contributed by atoms with Crippen LogP contribution in [0, 0.1) is 0 Å². The van der Waals surface area contributed by atoms with Crippen molar-refractivity contribution in [3.8, 4) is 0 Å². The van der Waals surface area contributed by atoms with Crippen LogP contribution in [-0.2, 0) is 16.0 Å². The summed E-state index contributed by atoms with van der Waals surface area (Å²) in [6.45, 7) is 3.78. The maximum atomic E-state index is 12.2. The highest BCUT2D eigenvalue weighted by atomic mass is 35.5. The Balaban J connectivity index is 1.99. The summed E-state index contributed by atoms with van der Waals surface area (Å²) in [6.07, 6.45) is 1.13. The summed E-state index contributed by atoms with van der Waals surface area (Å²) < 4.78 is 0. The Bertz CT molecular complexity index is 761. The number of rotatable bonds is 6. The van der Waals surface area contributed by atoms with E-state index in [1.54, 1.807) is 18.2 Å². The number of anilines is 2. The number of carbonyl (C=O) groups is 2. The predicted molar refractivity (Wildman–Crippen MR) is 104 cm³/mol. The van der Waals surface area contributed by atoms with Gasteiger partial charge in [-0.1, -0.05) is 42.3 Å². The van der Waals surface area contributed by atoms with E-state index in [9.17, 15) is 9.59 Å². The van der Waals surface area contributed by atoms with Crippen LogP contribution in [0.4, 0.5) is 11.4 Å². The van der Waals surface area contributed by atoms with Gasteiger partial charge in [-0.05, 0) is 42.3 Å². The summed E-state index contributed by atoms with van der Waals surface area (Å²) >= 11 is 11.9. The average molecular weight is 379 g/mol. The maximum absolute atomic E-state index is 12.2. The number of amides is 2. The Morgan fingerprint density at radius 1 is 1.04 bits per heavy atom. The zero-order chi connectivity index (χ0) is 18.4. The minimum atomic E-state index is -0.168. The Hall–Kier alpha value is -2.04. The summed E-state index contributed by atoms with van der Waals surface area (Å²) in [5.74, 6) is -0.325. The molecule has 0 heterocycles. The van der Waals surface area contributed by atoms with Crippen LogP contribution in [0.15, 0.2) is 42.5 Å². The van der Waals surface area contributed by atoms with Gasteiger partial charge in [-0.25, -0.2) is 0 Å². The zero-order valence-corrected chi connectivity index (χ0v) is 15.7. The van der Waals surface area contributed by atoms with Crippen molar-refractivity contribution >= 4 is 46.4 Å².